The zero-order chi connectivity index (χ0) is 13.4. The first kappa shape index (κ1) is 11.9. The fourth-order valence-electron chi connectivity index (χ4n) is 2.39. The Hall–Kier alpha value is -2.15. The summed E-state index contributed by atoms with van der Waals surface area (Å²) in [6.45, 7) is 6.36. The third kappa shape index (κ3) is 2.24. The van der Waals surface area contributed by atoms with Crippen molar-refractivity contribution in [3.63, 3.8) is 0 Å². The molecule has 1 aromatic heterocycles. The Kier molecular flexibility index (Phi) is 2.83. The summed E-state index contributed by atoms with van der Waals surface area (Å²) in [6, 6.07) is 17.2. The molecule has 94 valence electrons. The van der Waals surface area contributed by atoms with Crippen LogP contribution in [-0.4, -0.2) is 4.98 Å². The van der Waals surface area contributed by atoms with Gasteiger partial charge in [0.15, 0.2) is 0 Å². The molecule has 0 radical (unpaired) electrons. The van der Waals surface area contributed by atoms with Gasteiger partial charge in [-0.2, -0.15) is 0 Å². The topological polar surface area (TPSA) is 12.9 Å². The van der Waals surface area contributed by atoms with Crippen LogP contribution in [0, 0.1) is 20.8 Å². The van der Waals surface area contributed by atoms with Gasteiger partial charge < -0.3 is 0 Å². The molecule has 0 aliphatic heterocycles. The summed E-state index contributed by atoms with van der Waals surface area (Å²) in [5.74, 6) is 0. The Morgan fingerprint density at radius 2 is 1.42 bits per heavy atom. The Labute approximate surface area is 113 Å². The molecule has 0 bridgehead atoms. The van der Waals surface area contributed by atoms with Crippen molar-refractivity contribution >= 4 is 10.9 Å². The molecule has 2 aromatic carbocycles. The van der Waals surface area contributed by atoms with E-state index < -0.39 is 0 Å². The molecule has 0 fully saturated rings. The van der Waals surface area contributed by atoms with Crippen LogP contribution in [0.3, 0.4) is 0 Å². The maximum atomic E-state index is 4.81. The summed E-state index contributed by atoms with van der Waals surface area (Å²) >= 11 is 0. The summed E-state index contributed by atoms with van der Waals surface area (Å²) in [5.41, 5.74) is 7.14. The predicted molar refractivity (Wildman–Crippen MR) is 81.4 cm³/mol. The third-order valence-electron chi connectivity index (χ3n) is 3.52. The number of hydrogen-bond acceptors (Lipinski definition) is 1. The zero-order valence-electron chi connectivity index (χ0n) is 11.6. The molecule has 1 heteroatoms. The van der Waals surface area contributed by atoms with Crippen LogP contribution < -0.4 is 0 Å². The van der Waals surface area contributed by atoms with Gasteiger partial charge in [-0.3, -0.25) is 0 Å². The number of aromatic nitrogens is 1. The van der Waals surface area contributed by atoms with Gasteiger partial charge in [0.25, 0.3) is 0 Å². The fourth-order valence-corrected chi connectivity index (χ4v) is 2.39. The van der Waals surface area contributed by atoms with Gasteiger partial charge in [-0.1, -0.05) is 35.9 Å². The smallest absolute Gasteiger partial charge is 0.0712 e. The van der Waals surface area contributed by atoms with Crippen LogP contribution in [0.1, 0.15) is 16.7 Å². The van der Waals surface area contributed by atoms with Crippen molar-refractivity contribution in [1.29, 1.82) is 0 Å². The minimum atomic E-state index is 1.05. The summed E-state index contributed by atoms with van der Waals surface area (Å²) in [5, 5.41) is 1.19. The van der Waals surface area contributed by atoms with Crippen molar-refractivity contribution < 1.29 is 0 Å². The molecule has 0 saturated heterocycles. The van der Waals surface area contributed by atoms with Crippen LogP contribution in [-0.2, 0) is 0 Å². The van der Waals surface area contributed by atoms with Gasteiger partial charge in [-0.05, 0) is 50.1 Å². The number of nitrogens with zero attached hydrogens (tertiary/aromatic N) is 1. The minimum absolute atomic E-state index is 1.05. The maximum Gasteiger partial charge on any atom is 0.0712 e. The van der Waals surface area contributed by atoms with E-state index in [1.807, 2.05) is 0 Å². The van der Waals surface area contributed by atoms with E-state index in [0.717, 1.165) is 11.2 Å². The number of pyridine rings is 1. The SMILES string of the molecule is Cc1ccc(C)c(-c2ccc3ccc(C)cc3n2)c1. The van der Waals surface area contributed by atoms with Crippen molar-refractivity contribution in [3.8, 4) is 11.3 Å². The molecule has 0 atom stereocenters. The monoisotopic (exact) mass is 247 g/mol. The van der Waals surface area contributed by atoms with Crippen molar-refractivity contribution in [2.45, 2.75) is 20.8 Å². The molecule has 3 rings (SSSR count). The lowest BCUT2D eigenvalue weighted by molar-refractivity contribution is 1.33. The normalized spacial score (nSPS) is 10.9. The highest BCUT2D eigenvalue weighted by atomic mass is 14.7. The second-order valence-corrected chi connectivity index (χ2v) is 5.21. The highest BCUT2D eigenvalue weighted by Gasteiger charge is 2.05. The number of rotatable bonds is 1. The molecule has 19 heavy (non-hydrogen) atoms. The van der Waals surface area contributed by atoms with Gasteiger partial charge in [0.1, 0.15) is 0 Å². The molecule has 3 aromatic rings. The molecule has 0 saturated carbocycles. The molecule has 1 nitrogen and oxygen atoms in total. The van der Waals surface area contributed by atoms with E-state index in [4.69, 9.17) is 4.98 Å². The first-order valence-corrected chi connectivity index (χ1v) is 6.58. The molecule has 0 amide bonds. The average Bonchev–Trinajstić information content (AvgIpc) is 2.40. The second-order valence-electron chi connectivity index (χ2n) is 5.21. The number of benzene rings is 2. The summed E-state index contributed by atoms with van der Waals surface area (Å²) < 4.78 is 0. The molecule has 0 spiro atoms. The van der Waals surface area contributed by atoms with Crippen LogP contribution >= 0.6 is 0 Å². The summed E-state index contributed by atoms with van der Waals surface area (Å²) in [4.78, 5) is 4.81. The van der Waals surface area contributed by atoms with Crippen LogP contribution in [0.15, 0.2) is 48.5 Å². The predicted octanol–water partition coefficient (Wildman–Crippen LogP) is 4.83. The molecule has 0 N–H and O–H groups in total. The van der Waals surface area contributed by atoms with Crippen molar-refractivity contribution in [3.05, 3.63) is 65.2 Å². The molecule has 0 aliphatic rings. The Morgan fingerprint density at radius 3 is 2.26 bits per heavy atom. The number of fused-ring (bicyclic) bond motifs is 1. The van der Waals surface area contributed by atoms with E-state index in [1.54, 1.807) is 0 Å². The Bertz CT molecular complexity index is 757. The lowest BCUT2D eigenvalue weighted by Gasteiger charge is -2.08. The Balaban J connectivity index is 2.22. The zero-order valence-corrected chi connectivity index (χ0v) is 11.6. The lowest BCUT2D eigenvalue weighted by Crippen LogP contribution is -1.89. The van der Waals surface area contributed by atoms with E-state index in [2.05, 4.69) is 69.3 Å². The molecular weight excluding hydrogens is 230 g/mol. The van der Waals surface area contributed by atoms with E-state index in [-0.39, 0.29) is 0 Å². The maximum absolute atomic E-state index is 4.81. The van der Waals surface area contributed by atoms with Crippen LogP contribution in [0.2, 0.25) is 0 Å². The van der Waals surface area contributed by atoms with Crippen molar-refractivity contribution in [2.75, 3.05) is 0 Å². The minimum Gasteiger partial charge on any atom is -0.248 e. The largest absolute Gasteiger partial charge is 0.248 e. The van der Waals surface area contributed by atoms with Gasteiger partial charge in [-0.25, -0.2) is 4.98 Å². The van der Waals surface area contributed by atoms with Crippen LogP contribution in [0.5, 0.6) is 0 Å². The molecule has 0 aliphatic carbocycles. The summed E-state index contributed by atoms with van der Waals surface area (Å²) in [7, 11) is 0. The molecule has 1 heterocycles. The molecular formula is C18H17N. The number of hydrogen-bond donors (Lipinski definition) is 0. The average molecular weight is 247 g/mol. The Morgan fingerprint density at radius 1 is 0.737 bits per heavy atom. The first-order chi connectivity index (χ1) is 9.13. The van der Waals surface area contributed by atoms with Crippen LogP contribution in [0.4, 0.5) is 0 Å². The second kappa shape index (κ2) is 4.51. The third-order valence-corrected chi connectivity index (χ3v) is 3.52. The van der Waals surface area contributed by atoms with Crippen molar-refractivity contribution in [1.82, 2.24) is 4.98 Å². The van der Waals surface area contributed by atoms with E-state index >= 15 is 0 Å². The van der Waals surface area contributed by atoms with Gasteiger partial charge in [0.2, 0.25) is 0 Å². The summed E-state index contributed by atoms with van der Waals surface area (Å²) in [6.07, 6.45) is 0. The molecule has 0 unspecified atom stereocenters. The highest BCUT2D eigenvalue weighted by molar-refractivity contribution is 5.82. The van der Waals surface area contributed by atoms with Gasteiger partial charge in [0.05, 0.1) is 11.2 Å². The number of aryl methyl sites for hydroxylation is 3. The quantitative estimate of drug-likeness (QED) is 0.600. The highest BCUT2D eigenvalue weighted by Crippen LogP contribution is 2.25. The fraction of sp³-hybridized carbons (Fsp3) is 0.167. The lowest BCUT2D eigenvalue weighted by atomic mass is 10.0. The van der Waals surface area contributed by atoms with Crippen LogP contribution in [0.25, 0.3) is 22.2 Å². The van der Waals surface area contributed by atoms with E-state index in [0.29, 0.717) is 0 Å². The first-order valence-electron chi connectivity index (χ1n) is 6.58. The van der Waals surface area contributed by atoms with Gasteiger partial charge >= 0.3 is 0 Å². The van der Waals surface area contributed by atoms with E-state index in [9.17, 15) is 0 Å². The van der Waals surface area contributed by atoms with Crippen molar-refractivity contribution in [2.24, 2.45) is 0 Å². The standard InChI is InChI=1S/C18H17N/c1-12-4-6-14(3)16(10-12)17-9-8-15-7-5-13(2)11-18(15)19-17/h4-11H,1-3H3. The van der Waals surface area contributed by atoms with E-state index in [1.165, 1.54) is 27.6 Å². The van der Waals surface area contributed by atoms with Gasteiger partial charge in [0, 0.05) is 10.9 Å². The van der Waals surface area contributed by atoms with Gasteiger partial charge in [-0.15, -0.1) is 0 Å².